The molecule has 4 aromatic carbocycles. The van der Waals surface area contributed by atoms with Crippen LogP contribution in [0.5, 0.6) is 0 Å². The maximum Gasteiger partial charge on any atom is 0.108 e. The summed E-state index contributed by atoms with van der Waals surface area (Å²) in [6, 6.07) is 41.4. The molecule has 1 unspecified atom stereocenters. The van der Waals surface area contributed by atoms with Crippen molar-refractivity contribution in [3.8, 4) is 0 Å². The van der Waals surface area contributed by atoms with Crippen molar-refractivity contribution in [1.82, 2.24) is 0 Å². The maximum absolute atomic E-state index is 6.39. The van der Waals surface area contributed by atoms with Crippen LogP contribution in [0, 0.1) is 0 Å². The van der Waals surface area contributed by atoms with E-state index in [0.29, 0.717) is 0 Å². The first kappa shape index (κ1) is 22.5. The van der Waals surface area contributed by atoms with Gasteiger partial charge in [0.2, 0.25) is 0 Å². The van der Waals surface area contributed by atoms with Gasteiger partial charge in [-0.05, 0) is 41.4 Å². The molecule has 0 aliphatic heterocycles. The lowest BCUT2D eigenvalue weighted by atomic mass is 10.0. The quantitative estimate of drug-likeness (QED) is 0.197. The molecule has 4 rings (SSSR count). The molecule has 32 heavy (non-hydrogen) atoms. The number of benzene rings is 4. The van der Waals surface area contributed by atoms with E-state index < -0.39 is 7.92 Å². The molecule has 0 bridgehead atoms. The Hall–Kier alpha value is -2.73. The first-order valence-electron chi connectivity index (χ1n) is 11.5. The Kier molecular flexibility index (Phi) is 8.26. The van der Waals surface area contributed by atoms with E-state index in [1.165, 1.54) is 39.9 Å². The molecule has 0 aromatic heterocycles. The van der Waals surface area contributed by atoms with Gasteiger partial charge in [-0.3, -0.25) is 0 Å². The summed E-state index contributed by atoms with van der Waals surface area (Å²) in [5, 5.41) is 4.10. The van der Waals surface area contributed by atoms with Crippen molar-refractivity contribution in [1.29, 1.82) is 0 Å². The molecule has 0 aliphatic carbocycles. The first-order valence-corrected chi connectivity index (χ1v) is 12.9. The van der Waals surface area contributed by atoms with Crippen LogP contribution in [0.2, 0.25) is 0 Å². The lowest BCUT2D eigenvalue weighted by Gasteiger charge is -2.22. The Bertz CT molecular complexity index is 1010. The predicted octanol–water partition coefficient (Wildman–Crippen LogP) is 6.74. The predicted molar refractivity (Wildman–Crippen MR) is 139 cm³/mol. The smallest absolute Gasteiger partial charge is 0.108 e. The van der Waals surface area contributed by atoms with E-state index in [4.69, 9.17) is 4.74 Å². The second-order valence-corrected chi connectivity index (χ2v) is 10.2. The van der Waals surface area contributed by atoms with E-state index in [-0.39, 0.29) is 6.10 Å². The number of unbranched alkanes of at least 4 members (excludes halogenated alkanes) is 2. The Morgan fingerprint density at radius 2 is 1.03 bits per heavy atom. The number of ether oxygens (including phenoxy) is 1. The molecule has 0 radical (unpaired) electrons. The maximum atomic E-state index is 6.39. The SMILES string of the molecule is CCCCCOC(c1ccccc1)c1ccc(P(c2ccccc2)c2ccccc2)cc1. The fraction of sp³-hybridized carbons (Fsp3) is 0.200. The van der Waals surface area contributed by atoms with Crippen LogP contribution in [-0.2, 0) is 4.74 Å². The lowest BCUT2D eigenvalue weighted by molar-refractivity contribution is 0.0771. The summed E-state index contributed by atoms with van der Waals surface area (Å²) in [5.74, 6) is 0. The molecule has 0 saturated carbocycles. The van der Waals surface area contributed by atoms with E-state index in [2.05, 4.69) is 122 Å². The second-order valence-electron chi connectivity index (χ2n) is 7.97. The van der Waals surface area contributed by atoms with Gasteiger partial charge in [-0.2, -0.15) is 0 Å². The summed E-state index contributed by atoms with van der Waals surface area (Å²) in [5.41, 5.74) is 2.43. The highest BCUT2D eigenvalue weighted by Gasteiger charge is 2.18. The normalized spacial score (nSPS) is 12.1. The van der Waals surface area contributed by atoms with Crippen LogP contribution < -0.4 is 15.9 Å². The Labute approximate surface area is 193 Å². The molecule has 0 saturated heterocycles. The van der Waals surface area contributed by atoms with Gasteiger partial charge in [-0.1, -0.05) is 135 Å². The molecule has 1 nitrogen and oxygen atoms in total. The largest absolute Gasteiger partial charge is 0.369 e. The number of hydrogen-bond acceptors (Lipinski definition) is 1. The number of hydrogen-bond donors (Lipinski definition) is 0. The van der Waals surface area contributed by atoms with Gasteiger partial charge in [0.1, 0.15) is 6.10 Å². The molecule has 0 heterocycles. The molecule has 2 heteroatoms. The van der Waals surface area contributed by atoms with Crippen molar-refractivity contribution >= 4 is 23.8 Å². The van der Waals surface area contributed by atoms with Crippen LogP contribution in [0.25, 0.3) is 0 Å². The zero-order valence-corrected chi connectivity index (χ0v) is 19.6. The van der Waals surface area contributed by atoms with Gasteiger partial charge in [-0.25, -0.2) is 0 Å². The molecule has 0 aliphatic rings. The fourth-order valence-corrected chi connectivity index (χ4v) is 6.25. The fourth-order valence-electron chi connectivity index (χ4n) is 3.97. The van der Waals surface area contributed by atoms with Crippen molar-refractivity contribution in [2.24, 2.45) is 0 Å². The summed E-state index contributed by atoms with van der Waals surface area (Å²) in [4.78, 5) is 0. The minimum atomic E-state index is -0.589. The van der Waals surface area contributed by atoms with Gasteiger partial charge < -0.3 is 4.74 Å². The molecule has 0 amide bonds. The Balaban J connectivity index is 1.64. The molecule has 0 N–H and O–H groups in total. The molecule has 0 spiro atoms. The van der Waals surface area contributed by atoms with Crippen molar-refractivity contribution in [2.75, 3.05) is 6.61 Å². The average Bonchev–Trinajstić information content (AvgIpc) is 2.87. The molecule has 0 fully saturated rings. The zero-order chi connectivity index (χ0) is 22.0. The minimum Gasteiger partial charge on any atom is -0.369 e. The van der Waals surface area contributed by atoms with Crippen LogP contribution in [0.4, 0.5) is 0 Å². The van der Waals surface area contributed by atoms with Crippen LogP contribution in [0.3, 0.4) is 0 Å². The highest BCUT2D eigenvalue weighted by molar-refractivity contribution is 7.79. The highest BCUT2D eigenvalue weighted by atomic mass is 31.1. The van der Waals surface area contributed by atoms with Gasteiger partial charge in [0.15, 0.2) is 0 Å². The topological polar surface area (TPSA) is 9.23 Å². The van der Waals surface area contributed by atoms with Crippen molar-refractivity contribution < 1.29 is 4.74 Å². The summed E-state index contributed by atoms with van der Waals surface area (Å²) < 4.78 is 6.39. The Morgan fingerprint density at radius 1 is 0.562 bits per heavy atom. The van der Waals surface area contributed by atoms with E-state index in [0.717, 1.165) is 13.0 Å². The monoisotopic (exact) mass is 438 g/mol. The standard InChI is InChI=1S/C30H31OP/c1-2-3-13-24-31-30(25-14-7-4-8-15-25)26-20-22-29(23-21-26)32(27-16-9-5-10-17-27)28-18-11-6-12-19-28/h4-12,14-23,30H,2-3,13,24H2,1H3. The van der Waals surface area contributed by atoms with E-state index >= 15 is 0 Å². The summed E-state index contributed by atoms with van der Waals surface area (Å²) in [6.45, 7) is 3.01. The van der Waals surface area contributed by atoms with Crippen molar-refractivity contribution in [2.45, 2.75) is 32.3 Å². The zero-order valence-electron chi connectivity index (χ0n) is 18.7. The molecular formula is C30H31OP. The van der Waals surface area contributed by atoms with Crippen LogP contribution in [0.1, 0.15) is 43.4 Å². The van der Waals surface area contributed by atoms with Gasteiger partial charge in [0.05, 0.1) is 0 Å². The average molecular weight is 439 g/mol. The molecular weight excluding hydrogens is 407 g/mol. The van der Waals surface area contributed by atoms with Crippen LogP contribution >= 0.6 is 7.92 Å². The van der Waals surface area contributed by atoms with Crippen molar-refractivity contribution in [3.63, 3.8) is 0 Å². The Morgan fingerprint density at radius 3 is 1.56 bits per heavy atom. The third kappa shape index (κ3) is 5.74. The molecule has 1 atom stereocenters. The highest BCUT2D eigenvalue weighted by Crippen LogP contribution is 2.34. The number of rotatable bonds is 10. The van der Waals surface area contributed by atoms with Crippen LogP contribution in [0.15, 0.2) is 115 Å². The van der Waals surface area contributed by atoms with E-state index in [1.54, 1.807) is 0 Å². The third-order valence-corrected chi connectivity index (χ3v) is 8.06. The second kappa shape index (κ2) is 11.8. The van der Waals surface area contributed by atoms with Gasteiger partial charge in [-0.15, -0.1) is 0 Å². The first-order chi connectivity index (χ1) is 15.9. The minimum absolute atomic E-state index is 0.0261. The summed E-state index contributed by atoms with van der Waals surface area (Å²) in [7, 11) is -0.589. The summed E-state index contributed by atoms with van der Waals surface area (Å²) in [6.07, 6.45) is 3.49. The third-order valence-electron chi connectivity index (χ3n) is 5.62. The van der Waals surface area contributed by atoms with E-state index in [1.807, 2.05) is 0 Å². The van der Waals surface area contributed by atoms with Crippen LogP contribution in [-0.4, -0.2) is 6.61 Å². The molecule has 162 valence electrons. The molecule has 4 aromatic rings. The van der Waals surface area contributed by atoms with Gasteiger partial charge in [0.25, 0.3) is 0 Å². The lowest BCUT2D eigenvalue weighted by Crippen LogP contribution is -2.20. The van der Waals surface area contributed by atoms with Gasteiger partial charge in [0, 0.05) is 6.61 Å². The van der Waals surface area contributed by atoms with Gasteiger partial charge >= 0.3 is 0 Å². The summed E-state index contributed by atoms with van der Waals surface area (Å²) >= 11 is 0. The van der Waals surface area contributed by atoms with Crippen molar-refractivity contribution in [3.05, 3.63) is 126 Å². The van der Waals surface area contributed by atoms with E-state index in [9.17, 15) is 0 Å².